The second-order valence-corrected chi connectivity index (χ2v) is 6.54. The van der Waals surface area contributed by atoms with E-state index in [4.69, 9.17) is 0 Å². The van der Waals surface area contributed by atoms with Crippen LogP contribution in [0.5, 0.6) is 0 Å². The molecule has 2 aromatic heterocycles. The van der Waals surface area contributed by atoms with Gasteiger partial charge >= 0.3 is 0 Å². The van der Waals surface area contributed by atoms with Crippen LogP contribution in [0.1, 0.15) is 17.4 Å². The molecule has 1 saturated heterocycles. The van der Waals surface area contributed by atoms with E-state index in [1.54, 1.807) is 24.5 Å². The van der Waals surface area contributed by atoms with Crippen LogP contribution in [0, 0.1) is 5.82 Å². The number of hydrogen-bond donors (Lipinski definition) is 2. The Bertz CT molecular complexity index is 978. The minimum Gasteiger partial charge on any atom is -0.353 e. The molecule has 27 heavy (non-hydrogen) atoms. The normalized spacial score (nSPS) is 17.1. The molecular weight excluding hydrogens is 347 g/mol. The number of piperazine rings is 1. The van der Waals surface area contributed by atoms with Gasteiger partial charge in [0.1, 0.15) is 17.3 Å². The van der Waals surface area contributed by atoms with Crippen LogP contribution in [0.4, 0.5) is 15.9 Å². The average Bonchev–Trinajstić information content (AvgIpc) is 2.68. The number of carbonyl (C=O) groups excluding carboxylic acids is 1. The van der Waals surface area contributed by atoms with E-state index in [2.05, 4.69) is 37.4 Å². The summed E-state index contributed by atoms with van der Waals surface area (Å²) in [6.07, 6.45) is 4.63. The highest BCUT2D eigenvalue weighted by Crippen LogP contribution is 2.23. The van der Waals surface area contributed by atoms with Crippen LogP contribution in [-0.2, 0) is 0 Å². The maximum Gasteiger partial charge on any atom is 0.275 e. The minimum absolute atomic E-state index is 0.162. The third-order valence-electron chi connectivity index (χ3n) is 4.48. The van der Waals surface area contributed by atoms with Gasteiger partial charge in [-0.1, -0.05) is 6.07 Å². The third-order valence-corrected chi connectivity index (χ3v) is 4.48. The third kappa shape index (κ3) is 3.70. The van der Waals surface area contributed by atoms with Gasteiger partial charge in [0.15, 0.2) is 0 Å². The fourth-order valence-corrected chi connectivity index (χ4v) is 3.18. The maximum absolute atomic E-state index is 13.8. The molecular formula is C19H19FN6O. The molecule has 0 spiro atoms. The molecule has 0 aliphatic carbocycles. The Morgan fingerprint density at radius 3 is 2.96 bits per heavy atom. The summed E-state index contributed by atoms with van der Waals surface area (Å²) in [6.45, 7) is 4.66. The van der Waals surface area contributed by atoms with Crippen molar-refractivity contribution in [2.75, 3.05) is 29.9 Å². The van der Waals surface area contributed by atoms with Crippen LogP contribution in [-0.4, -0.2) is 46.5 Å². The molecule has 1 aliphatic rings. The molecule has 1 aliphatic heterocycles. The first-order valence-electron chi connectivity index (χ1n) is 8.76. The van der Waals surface area contributed by atoms with Crippen LogP contribution in [0.2, 0.25) is 0 Å². The van der Waals surface area contributed by atoms with E-state index in [1.807, 2.05) is 0 Å². The van der Waals surface area contributed by atoms with Gasteiger partial charge in [-0.2, -0.15) is 0 Å². The largest absolute Gasteiger partial charge is 0.353 e. The fourth-order valence-electron chi connectivity index (χ4n) is 3.18. The number of carbonyl (C=O) groups is 1. The summed E-state index contributed by atoms with van der Waals surface area (Å²) in [5, 5.41) is 6.66. The van der Waals surface area contributed by atoms with E-state index in [1.165, 1.54) is 18.3 Å². The Hall–Kier alpha value is -3.13. The number of nitrogens with one attached hydrogen (secondary N) is 2. The first-order valence-corrected chi connectivity index (χ1v) is 8.76. The second-order valence-electron chi connectivity index (χ2n) is 6.54. The van der Waals surface area contributed by atoms with Crippen molar-refractivity contribution in [3.8, 4) is 0 Å². The van der Waals surface area contributed by atoms with E-state index in [0.29, 0.717) is 22.6 Å². The van der Waals surface area contributed by atoms with Gasteiger partial charge in [-0.25, -0.2) is 14.4 Å². The number of fused-ring (bicyclic) bond motifs is 1. The van der Waals surface area contributed by atoms with E-state index in [0.717, 1.165) is 25.5 Å². The van der Waals surface area contributed by atoms with Crippen LogP contribution in [0.25, 0.3) is 10.9 Å². The Morgan fingerprint density at radius 2 is 2.19 bits per heavy atom. The van der Waals surface area contributed by atoms with Gasteiger partial charge in [-0.05, 0) is 25.1 Å². The zero-order valence-corrected chi connectivity index (χ0v) is 14.8. The molecule has 7 nitrogen and oxygen atoms in total. The molecule has 4 rings (SSSR count). The van der Waals surface area contributed by atoms with E-state index in [9.17, 15) is 9.18 Å². The molecule has 3 heterocycles. The number of pyridine rings is 1. The molecule has 0 saturated carbocycles. The van der Waals surface area contributed by atoms with Crippen molar-refractivity contribution in [1.29, 1.82) is 0 Å². The number of anilines is 2. The van der Waals surface area contributed by atoms with Crippen molar-refractivity contribution in [2.24, 2.45) is 0 Å². The van der Waals surface area contributed by atoms with Crippen molar-refractivity contribution in [3.05, 3.63) is 54.4 Å². The highest BCUT2D eigenvalue weighted by atomic mass is 19.1. The molecule has 138 valence electrons. The minimum atomic E-state index is -0.458. The molecule has 3 aromatic rings. The van der Waals surface area contributed by atoms with Gasteiger partial charge in [0, 0.05) is 37.3 Å². The molecule has 0 radical (unpaired) electrons. The summed E-state index contributed by atoms with van der Waals surface area (Å²) >= 11 is 0. The lowest BCUT2D eigenvalue weighted by Crippen LogP contribution is -2.49. The first-order chi connectivity index (χ1) is 13.1. The van der Waals surface area contributed by atoms with Crippen LogP contribution in [0.3, 0.4) is 0 Å². The van der Waals surface area contributed by atoms with Gasteiger partial charge in [0.25, 0.3) is 5.91 Å². The van der Waals surface area contributed by atoms with Crippen molar-refractivity contribution < 1.29 is 9.18 Å². The average molecular weight is 366 g/mol. The lowest BCUT2D eigenvalue weighted by atomic mass is 10.2. The predicted molar refractivity (Wildman–Crippen MR) is 101 cm³/mol. The summed E-state index contributed by atoms with van der Waals surface area (Å²) in [6, 6.07) is 6.45. The molecule has 2 N–H and O–H groups in total. The Morgan fingerprint density at radius 1 is 1.30 bits per heavy atom. The first kappa shape index (κ1) is 17.3. The van der Waals surface area contributed by atoms with Crippen molar-refractivity contribution in [3.63, 3.8) is 0 Å². The summed E-state index contributed by atoms with van der Waals surface area (Å²) in [7, 11) is 0. The van der Waals surface area contributed by atoms with Crippen molar-refractivity contribution in [1.82, 2.24) is 20.3 Å². The summed E-state index contributed by atoms with van der Waals surface area (Å²) in [5.41, 5.74) is 0.985. The van der Waals surface area contributed by atoms with Crippen LogP contribution < -0.4 is 15.5 Å². The number of benzene rings is 1. The monoisotopic (exact) mass is 366 g/mol. The second kappa shape index (κ2) is 7.24. The molecule has 0 bridgehead atoms. The van der Waals surface area contributed by atoms with Gasteiger partial charge in [0.05, 0.1) is 23.6 Å². The van der Waals surface area contributed by atoms with Gasteiger partial charge in [-0.15, -0.1) is 0 Å². The molecule has 0 unspecified atom stereocenters. The number of hydrogen-bond acceptors (Lipinski definition) is 6. The van der Waals surface area contributed by atoms with Gasteiger partial charge < -0.3 is 15.5 Å². The molecule has 8 heteroatoms. The smallest absolute Gasteiger partial charge is 0.275 e. The van der Waals surface area contributed by atoms with E-state index < -0.39 is 11.7 Å². The number of rotatable bonds is 3. The summed E-state index contributed by atoms with van der Waals surface area (Å²) in [4.78, 5) is 27.5. The molecule has 1 atom stereocenters. The number of nitrogens with zero attached hydrogens (tertiary/aromatic N) is 4. The predicted octanol–water partition coefficient (Wildman–Crippen LogP) is 2.21. The lowest BCUT2D eigenvalue weighted by molar-refractivity contribution is 0.102. The zero-order valence-electron chi connectivity index (χ0n) is 14.8. The van der Waals surface area contributed by atoms with E-state index in [-0.39, 0.29) is 5.69 Å². The molecule has 1 amide bonds. The van der Waals surface area contributed by atoms with E-state index >= 15 is 0 Å². The van der Waals surface area contributed by atoms with Crippen molar-refractivity contribution in [2.45, 2.75) is 13.0 Å². The Balaban J connectivity index is 1.54. The SMILES string of the molecule is C[C@@H]1CN(c2cnc(C(=O)Nc3cc(F)cc4cccnc34)cn2)CCN1. The standard InChI is InChI=1S/C19H19FN6O/c1-12-11-26(6-5-21-12)17-10-23-16(9-24-17)19(27)25-15-8-14(20)7-13-3-2-4-22-18(13)15/h2-4,7-10,12,21H,5-6,11H2,1H3,(H,25,27)/t12-/m1/s1. The fraction of sp³-hybridized carbons (Fsp3) is 0.263. The molecule has 1 fully saturated rings. The summed E-state index contributed by atoms with van der Waals surface area (Å²) < 4.78 is 13.8. The molecule has 1 aromatic carbocycles. The Kier molecular flexibility index (Phi) is 4.64. The summed E-state index contributed by atoms with van der Waals surface area (Å²) in [5.74, 6) is -0.168. The zero-order chi connectivity index (χ0) is 18.8. The highest BCUT2D eigenvalue weighted by molar-refractivity contribution is 6.07. The maximum atomic E-state index is 13.8. The number of halogens is 1. The number of aromatic nitrogens is 3. The topological polar surface area (TPSA) is 83.0 Å². The quantitative estimate of drug-likeness (QED) is 0.740. The van der Waals surface area contributed by atoms with Gasteiger partial charge in [-0.3, -0.25) is 9.78 Å². The van der Waals surface area contributed by atoms with Crippen molar-refractivity contribution >= 4 is 28.3 Å². The highest BCUT2D eigenvalue weighted by Gasteiger charge is 2.18. The van der Waals surface area contributed by atoms with Crippen LogP contribution >= 0.6 is 0 Å². The van der Waals surface area contributed by atoms with Crippen LogP contribution in [0.15, 0.2) is 42.9 Å². The van der Waals surface area contributed by atoms with Gasteiger partial charge in [0.2, 0.25) is 0 Å². The Labute approximate surface area is 155 Å². The lowest BCUT2D eigenvalue weighted by Gasteiger charge is -2.32. The number of amides is 1.